The maximum absolute atomic E-state index is 4.50. The lowest BCUT2D eigenvalue weighted by molar-refractivity contribution is -0.00000104. The number of rotatable bonds is 0. The summed E-state index contributed by atoms with van der Waals surface area (Å²) in [5.74, 6) is 0. The Kier molecular flexibility index (Phi) is 794. The average Bonchev–Trinajstić information content (AvgIpc) is 1.00. The summed E-state index contributed by atoms with van der Waals surface area (Å²) in [5, 5.41) is 0. The van der Waals surface area contributed by atoms with E-state index in [0.29, 0.717) is 0 Å². The van der Waals surface area contributed by atoms with Gasteiger partial charge in [-0.3, -0.25) is 0 Å². The summed E-state index contributed by atoms with van der Waals surface area (Å²) >= 11 is 0. The van der Waals surface area contributed by atoms with Crippen LogP contribution < -0.4 is 28.9 Å². The van der Waals surface area contributed by atoms with Crippen LogP contribution in [-0.2, 0) is 0 Å². The summed E-state index contributed by atoms with van der Waals surface area (Å²) in [7, 11) is 1.50. The number of quaternary nitrogens is 1. The summed E-state index contributed by atoms with van der Waals surface area (Å²) in [4.78, 5) is 0. The number of halogens is 1. The Labute approximate surface area is 36.7 Å². The van der Waals surface area contributed by atoms with Gasteiger partial charge in [-0.1, -0.05) is 0 Å². The van der Waals surface area contributed by atoms with Crippen LogP contribution in [0.5, 0.6) is 0 Å². The zero-order valence-corrected chi connectivity index (χ0v) is 4.54. The average molecular weight is 129 g/mol. The van der Waals surface area contributed by atoms with Gasteiger partial charge in [-0.05, 0) is 7.05 Å². The van der Waals surface area contributed by atoms with Gasteiger partial charge in [-0.15, -0.1) is 0 Å². The first kappa shape index (κ1) is 26.0. The Bertz CT molecular complexity index is 6.00. The summed E-state index contributed by atoms with van der Waals surface area (Å²) in [5.41, 5.74) is 4.50. The van der Waals surface area contributed by atoms with Gasteiger partial charge < -0.3 is 28.9 Å². The highest BCUT2D eigenvalue weighted by atomic mass is 79.9. The summed E-state index contributed by atoms with van der Waals surface area (Å²) < 4.78 is 0. The van der Waals surface area contributed by atoms with Crippen molar-refractivity contribution in [1.82, 2.24) is 6.15 Å². The van der Waals surface area contributed by atoms with E-state index in [1.807, 2.05) is 0 Å². The molecule has 0 unspecified atom stereocenters. The maximum Gasteiger partial charge on any atom is -0.0195 e. The van der Waals surface area contributed by atoms with Gasteiger partial charge in [0.1, 0.15) is 0 Å². The summed E-state index contributed by atoms with van der Waals surface area (Å²) in [6, 6.07) is 0. The fourth-order valence-electron chi connectivity index (χ4n) is 0. The largest absolute Gasteiger partial charge is 1.00 e. The van der Waals surface area contributed by atoms with E-state index in [1.165, 1.54) is 7.05 Å². The van der Waals surface area contributed by atoms with E-state index in [2.05, 4.69) is 5.73 Å². The van der Waals surface area contributed by atoms with Gasteiger partial charge >= 0.3 is 0 Å². The summed E-state index contributed by atoms with van der Waals surface area (Å²) in [6.45, 7) is 0. The minimum Gasteiger partial charge on any atom is -1.00 e. The number of nitrogens with two attached hydrogens (primary N) is 1. The molecular formula is CH9BrN2. The molecule has 0 aliphatic carbocycles. The zero-order chi connectivity index (χ0) is 2.00. The third-order valence-corrected chi connectivity index (χ3v) is 0. The lowest BCUT2D eigenvalue weighted by Crippen LogP contribution is -3.00. The molecule has 3 heteroatoms. The van der Waals surface area contributed by atoms with Gasteiger partial charge in [0.2, 0.25) is 0 Å². The molecule has 0 atom stereocenters. The maximum atomic E-state index is 4.50. The molecule has 0 aliphatic heterocycles. The molecule has 0 saturated carbocycles. The highest BCUT2D eigenvalue weighted by molar-refractivity contribution is 3.54. The Hall–Kier alpha value is 0.400. The predicted molar refractivity (Wildman–Crippen MR) is 16.1 cm³/mol. The molecule has 0 aromatic heterocycles. The second kappa shape index (κ2) is 122. The van der Waals surface area contributed by atoms with Crippen LogP contribution in [0.1, 0.15) is 0 Å². The van der Waals surface area contributed by atoms with Crippen LogP contribution >= 0.6 is 0 Å². The molecule has 0 radical (unpaired) electrons. The minimum atomic E-state index is 0. The standard InChI is InChI=1S/CH5N.BrH.H3N/c1-2;;/h2H2,1H3;1H;1H3. The van der Waals surface area contributed by atoms with Gasteiger partial charge in [-0.25, -0.2) is 0 Å². The molecule has 0 aromatic rings. The molecular weight excluding hydrogens is 120 g/mol. The first-order chi connectivity index (χ1) is 1.00. The normalized spacial score (nSPS) is 1.50. The molecule has 0 heterocycles. The molecule has 0 aliphatic rings. The molecule has 2 nitrogen and oxygen atoms in total. The first-order valence-electron chi connectivity index (χ1n) is 0.577. The molecule has 0 spiro atoms. The quantitative estimate of drug-likeness (QED) is 0.358. The smallest absolute Gasteiger partial charge is 0.0195 e. The first-order valence-corrected chi connectivity index (χ1v) is 0.577. The van der Waals surface area contributed by atoms with E-state index in [0.717, 1.165) is 0 Å². The SMILES string of the molecule is CN.[Br-].[NH4+]. The van der Waals surface area contributed by atoms with E-state index in [-0.39, 0.29) is 23.1 Å². The van der Waals surface area contributed by atoms with Crippen LogP contribution in [0.25, 0.3) is 0 Å². The van der Waals surface area contributed by atoms with Crippen molar-refractivity contribution in [2.75, 3.05) is 7.05 Å². The van der Waals surface area contributed by atoms with Crippen LogP contribution in [-0.4, -0.2) is 7.05 Å². The van der Waals surface area contributed by atoms with Gasteiger partial charge in [0.05, 0.1) is 0 Å². The van der Waals surface area contributed by atoms with Gasteiger partial charge in [0.25, 0.3) is 0 Å². The molecule has 6 N–H and O–H groups in total. The minimum absolute atomic E-state index is 0. The van der Waals surface area contributed by atoms with Crippen molar-refractivity contribution in [3.63, 3.8) is 0 Å². The van der Waals surface area contributed by atoms with Crippen molar-refractivity contribution in [1.29, 1.82) is 0 Å². The van der Waals surface area contributed by atoms with Gasteiger partial charge in [0.15, 0.2) is 0 Å². The third-order valence-electron chi connectivity index (χ3n) is 0. The van der Waals surface area contributed by atoms with Crippen molar-refractivity contribution < 1.29 is 17.0 Å². The molecule has 0 rings (SSSR count). The van der Waals surface area contributed by atoms with Crippen molar-refractivity contribution in [2.24, 2.45) is 5.73 Å². The van der Waals surface area contributed by atoms with E-state index < -0.39 is 0 Å². The number of hydrogen-bond donors (Lipinski definition) is 2. The van der Waals surface area contributed by atoms with Crippen LogP contribution in [0.3, 0.4) is 0 Å². The second-order valence-electron chi connectivity index (χ2n) is 0. The molecule has 0 aromatic carbocycles. The van der Waals surface area contributed by atoms with Crippen molar-refractivity contribution >= 4 is 0 Å². The second-order valence-corrected chi connectivity index (χ2v) is 0. The van der Waals surface area contributed by atoms with Crippen LogP contribution in [0.4, 0.5) is 0 Å². The predicted octanol–water partition coefficient (Wildman–Crippen LogP) is -3.04. The van der Waals surface area contributed by atoms with E-state index in [9.17, 15) is 0 Å². The fourth-order valence-corrected chi connectivity index (χ4v) is 0. The lowest BCUT2D eigenvalue weighted by atomic mass is 11.6. The van der Waals surface area contributed by atoms with Crippen molar-refractivity contribution in [3.05, 3.63) is 0 Å². The molecule has 0 saturated heterocycles. The van der Waals surface area contributed by atoms with Crippen LogP contribution in [0.15, 0.2) is 0 Å². The Morgan fingerprint density at radius 2 is 1.25 bits per heavy atom. The molecule has 30 valence electrons. The zero-order valence-electron chi connectivity index (χ0n) is 2.96. The van der Waals surface area contributed by atoms with Crippen LogP contribution in [0.2, 0.25) is 0 Å². The highest BCUT2D eigenvalue weighted by Gasteiger charge is 0.836. The van der Waals surface area contributed by atoms with E-state index >= 15 is 0 Å². The molecule has 0 amide bonds. The monoisotopic (exact) mass is 128 g/mol. The number of hydrogen-bond acceptors (Lipinski definition) is 1. The molecule has 4 heavy (non-hydrogen) atoms. The van der Waals surface area contributed by atoms with Crippen molar-refractivity contribution in [2.45, 2.75) is 0 Å². The summed E-state index contributed by atoms with van der Waals surface area (Å²) in [6.07, 6.45) is 0. The van der Waals surface area contributed by atoms with Gasteiger partial charge in [0, 0.05) is 0 Å². The molecule has 0 bridgehead atoms. The fraction of sp³-hybridized carbons (Fsp3) is 1.00. The van der Waals surface area contributed by atoms with Gasteiger partial charge in [-0.2, -0.15) is 0 Å². The van der Waals surface area contributed by atoms with E-state index in [4.69, 9.17) is 0 Å². The Balaban J connectivity index is -0.00000000500. The Morgan fingerprint density at radius 1 is 1.25 bits per heavy atom. The molecule has 0 fully saturated rings. The lowest BCUT2D eigenvalue weighted by Gasteiger charge is -1.19. The topological polar surface area (TPSA) is 62.5 Å². The third kappa shape index (κ3) is 29.4. The highest BCUT2D eigenvalue weighted by Crippen LogP contribution is 0.469. The van der Waals surface area contributed by atoms with Crippen molar-refractivity contribution in [3.8, 4) is 0 Å². The van der Waals surface area contributed by atoms with E-state index in [1.54, 1.807) is 0 Å². The Morgan fingerprint density at radius 3 is 1.25 bits per heavy atom. The van der Waals surface area contributed by atoms with Crippen LogP contribution in [0, 0.1) is 0 Å².